The van der Waals surface area contributed by atoms with E-state index in [1.54, 1.807) is 12.3 Å². The fourth-order valence-electron chi connectivity index (χ4n) is 4.83. The lowest BCUT2D eigenvalue weighted by molar-refractivity contribution is -0.125. The molecule has 1 saturated heterocycles. The van der Waals surface area contributed by atoms with Crippen molar-refractivity contribution in [2.75, 3.05) is 32.0 Å². The van der Waals surface area contributed by atoms with Crippen LogP contribution < -0.4 is 14.8 Å². The fourth-order valence-corrected chi connectivity index (χ4v) is 4.83. The van der Waals surface area contributed by atoms with Gasteiger partial charge in [-0.05, 0) is 50.6 Å². The molecule has 1 saturated carbocycles. The van der Waals surface area contributed by atoms with E-state index in [2.05, 4.69) is 32.4 Å². The van der Waals surface area contributed by atoms with Crippen molar-refractivity contribution >= 4 is 22.8 Å². The monoisotopic (exact) mass is 524 g/mol. The molecule has 2 fully saturated rings. The van der Waals surface area contributed by atoms with Gasteiger partial charge in [-0.25, -0.2) is 4.98 Å². The van der Waals surface area contributed by atoms with Crippen LogP contribution in [-0.4, -0.2) is 69.7 Å². The Morgan fingerprint density at radius 3 is 2.69 bits per heavy atom. The lowest BCUT2D eigenvalue weighted by Gasteiger charge is -2.16. The van der Waals surface area contributed by atoms with Crippen molar-refractivity contribution in [3.63, 3.8) is 0 Å². The molecule has 6 rings (SSSR count). The topological polar surface area (TPSA) is 95.6 Å². The number of pyridine rings is 1. The SMILES string of the molecule is CN(C/C=C/C(=O)N1CC[C@@H](Nc2n[nH]c3nccc(Oc4cccc(Oc5ccccc5)c4)c23)C1)C1CC1. The van der Waals surface area contributed by atoms with Gasteiger partial charge in [0.1, 0.15) is 28.4 Å². The van der Waals surface area contributed by atoms with Crippen molar-refractivity contribution in [3.05, 3.63) is 79.0 Å². The second-order valence-corrected chi connectivity index (χ2v) is 10.1. The smallest absolute Gasteiger partial charge is 0.246 e. The molecule has 1 aliphatic heterocycles. The molecule has 9 nitrogen and oxygen atoms in total. The fraction of sp³-hybridized carbons (Fsp3) is 0.300. The lowest BCUT2D eigenvalue weighted by atomic mass is 10.2. The van der Waals surface area contributed by atoms with E-state index in [9.17, 15) is 4.79 Å². The average Bonchev–Trinajstić information content (AvgIpc) is 3.57. The number of carbonyl (C=O) groups is 1. The minimum absolute atomic E-state index is 0.0543. The highest BCUT2D eigenvalue weighted by Gasteiger charge is 2.27. The number of benzene rings is 2. The zero-order valence-corrected chi connectivity index (χ0v) is 21.9. The number of H-pyrrole nitrogens is 1. The zero-order valence-electron chi connectivity index (χ0n) is 21.9. The summed E-state index contributed by atoms with van der Waals surface area (Å²) in [5.41, 5.74) is 0.625. The highest BCUT2D eigenvalue weighted by molar-refractivity contribution is 5.93. The Morgan fingerprint density at radius 2 is 1.87 bits per heavy atom. The van der Waals surface area contributed by atoms with Crippen LogP contribution in [0.25, 0.3) is 11.0 Å². The molecule has 0 radical (unpaired) electrons. The van der Waals surface area contributed by atoms with E-state index >= 15 is 0 Å². The van der Waals surface area contributed by atoms with E-state index in [4.69, 9.17) is 9.47 Å². The van der Waals surface area contributed by atoms with Crippen molar-refractivity contribution < 1.29 is 14.3 Å². The molecule has 1 atom stereocenters. The van der Waals surface area contributed by atoms with Crippen LogP contribution in [-0.2, 0) is 4.79 Å². The first-order valence-electron chi connectivity index (χ1n) is 13.4. The van der Waals surface area contributed by atoms with Crippen molar-refractivity contribution in [1.82, 2.24) is 25.0 Å². The first kappa shape index (κ1) is 24.9. The number of aromatic nitrogens is 3. The minimum Gasteiger partial charge on any atom is -0.457 e. The summed E-state index contributed by atoms with van der Waals surface area (Å²) in [4.78, 5) is 21.3. The number of para-hydroxylation sites is 1. The van der Waals surface area contributed by atoms with Gasteiger partial charge in [0, 0.05) is 56.1 Å². The number of amides is 1. The number of fused-ring (bicyclic) bond motifs is 1. The van der Waals surface area contributed by atoms with Crippen LogP contribution in [0.2, 0.25) is 0 Å². The number of hydrogen-bond acceptors (Lipinski definition) is 7. The summed E-state index contributed by atoms with van der Waals surface area (Å²) >= 11 is 0. The molecule has 1 aliphatic carbocycles. The van der Waals surface area contributed by atoms with Crippen LogP contribution in [0.4, 0.5) is 5.82 Å². The summed E-state index contributed by atoms with van der Waals surface area (Å²) in [5.74, 6) is 3.41. The summed E-state index contributed by atoms with van der Waals surface area (Å²) < 4.78 is 12.2. The minimum atomic E-state index is 0.0543. The number of nitrogens with zero attached hydrogens (tertiary/aromatic N) is 4. The van der Waals surface area contributed by atoms with E-state index in [-0.39, 0.29) is 11.9 Å². The van der Waals surface area contributed by atoms with Crippen LogP contribution in [0, 0.1) is 0 Å². The quantitative estimate of drug-likeness (QED) is 0.275. The number of rotatable bonds is 10. The van der Waals surface area contributed by atoms with Gasteiger partial charge < -0.3 is 19.7 Å². The van der Waals surface area contributed by atoms with Crippen LogP contribution in [0.3, 0.4) is 0 Å². The molecule has 9 heteroatoms. The molecule has 1 amide bonds. The third-order valence-electron chi connectivity index (χ3n) is 7.10. The van der Waals surface area contributed by atoms with E-state index in [0.717, 1.165) is 24.1 Å². The van der Waals surface area contributed by atoms with Gasteiger partial charge in [0.15, 0.2) is 11.5 Å². The zero-order chi connectivity index (χ0) is 26.6. The number of likely N-dealkylation sites (tertiary alicyclic amines) is 1. The highest BCUT2D eigenvalue weighted by atomic mass is 16.5. The predicted octanol–water partition coefficient (Wildman–Crippen LogP) is 5.21. The molecule has 0 spiro atoms. The highest BCUT2D eigenvalue weighted by Crippen LogP contribution is 2.35. The van der Waals surface area contributed by atoms with E-state index in [1.165, 1.54) is 12.8 Å². The van der Waals surface area contributed by atoms with E-state index in [1.807, 2.05) is 71.6 Å². The van der Waals surface area contributed by atoms with Gasteiger partial charge in [-0.2, -0.15) is 5.10 Å². The molecule has 0 bridgehead atoms. The Balaban J connectivity index is 1.12. The number of anilines is 1. The summed E-state index contributed by atoms with van der Waals surface area (Å²) in [6.45, 7) is 2.13. The predicted molar refractivity (Wildman–Crippen MR) is 150 cm³/mol. The largest absolute Gasteiger partial charge is 0.457 e. The maximum absolute atomic E-state index is 12.7. The molecule has 2 N–H and O–H groups in total. The average molecular weight is 525 g/mol. The van der Waals surface area contributed by atoms with Crippen molar-refractivity contribution in [2.45, 2.75) is 31.3 Å². The summed E-state index contributed by atoms with van der Waals surface area (Å²) in [5, 5.41) is 11.7. The van der Waals surface area contributed by atoms with Gasteiger partial charge in [0.05, 0.1) is 0 Å². The van der Waals surface area contributed by atoms with E-state index < -0.39 is 0 Å². The van der Waals surface area contributed by atoms with Crippen LogP contribution in [0.15, 0.2) is 79.0 Å². The Morgan fingerprint density at radius 1 is 1.08 bits per heavy atom. The maximum atomic E-state index is 12.7. The molecular formula is C30H32N6O3. The number of carbonyl (C=O) groups excluding carboxylic acids is 1. The van der Waals surface area contributed by atoms with Gasteiger partial charge in [-0.1, -0.05) is 30.3 Å². The van der Waals surface area contributed by atoms with Crippen molar-refractivity contribution in [3.8, 4) is 23.0 Å². The maximum Gasteiger partial charge on any atom is 0.246 e. The molecule has 3 heterocycles. The number of aromatic amines is 1. The van der Waals surface area contributed by atoms with Crippen LogP contribution >= 0.6 is 0 Å². The first-order valence-corrected chi connectivity index (χ1v) is 13.4. The Hall–Kier alpha value is -4.37. The number of likely N-dealkylation sites (N-methyl/N-ethyl adjacent to an activating group) is 1. The van der Waals surface area contributed by atoms with Gasteiger partial charge in [-0.15, -0.1) is 0 Å². The van der Waals surface area contributed by atoms with Gasteiger partial charge in [-0.3, -0.25) is 14.8 Å². The van der Waals surface area contributed by atoms with Gasteiger partial charge in [0.2, 0.25) is 5.91 Å². The van der Waals surface area contributed by atoms with Crippen LogP contribution in [0.1, 0.15) is 19.3 Å². The molecule has 39 heavy (non-hydrogen) atoms. The summed E-state index contributed by atoms with van der Waals surface area (Å²) in [6.07, 6.45) is 8.72. The third kappa shape index (κ3) is 6.04. The number of nitrogens with one attached hydrogen (secondary N) is 2. The Bertz CT molecular complexity index is 1470. The normalized spacial score (nSPS) is 17.3. The number of hydrogen-bond donors (Lipinski definition) is 2. The second kappa shape index (κ2) is 11.2. The molecular weight excluding hydrogens is 492 g/mol. The lowest BCUT2D eigenvalue weighted by Crippen LogP contribution is -2.30. The molecule has 4 aromatic rings. The second-order valence-electron chi connectivity index (χ2n) is 10.1. The molecule has 200 valence electrons. The molecule has 0 unspecified atom stereocenters. The van der Waals surface area contributed by atoms with Crippen molar-refractivity contribution in [2.24, 2.45) is 0 Å². The molecule has 2 aliphatic rings. The Labute approximate surface area is 227 Å². The van der Waals surface area contributed by atoms with Gasteiger partial charge in [0.25, 0.3) is 0 Å². The van der Waals surface area contributed by atoms with E-state index in [0.29, 0.717) is 47.8 Å². The standard InChI is InChI=1S/C30H32N6O3/c1-35(22-12-13-22)17-6-11-27(37)36-18-15-21(20-36)32-30-28-26(14-16-31-29(28)33-34-30)39-25-10-5-9-24(19-25)38-23-7-3-2-4-8-23/h2-11,14,16,19,21-22H,12-13,15,17-18,20H2,1H3,(H2,31,32,33,34)/b11-6+/t21-/m1/s1. The van der Waals surface area contributed by atoms with Crippen LogP contribution in [0.5, 0.6) is 23.0 Å². The van der Waals surface area contributed by atoms with Crippen molar-refractivity contribution in [1.29, 1.82) is 0 Å². The third-order valence-corrected chi connectivity index (χ3v) is 7.10. The summed E-state index contributed by atoms with van der Waals surface area (Å²) in [6, 6.07) is 19.7. The first-order chi connectivity index (χ1) is 19.1. The molecule has 2 aromatic carbocycles. The summed E-state index contributed by atoms with van der Waals surface area (Å²) in [7, 11) is 2.11. The number of ether oxygens (including phenoxy) is 2. The Kier molecular flexibility index (Phi) is 7.14. The van der Waals surface area contributed by atoms with Gasteiger partial charge >= 0.3 is 0 Å². The molecule has 2 aromatic heterocycles.